The minimum absolute atomic E-state index is 0.0797. The Kier molecular flexibility index (Phi) is 5.96. The summed E-state index contributed by atoms with van der Waals surface area (Å²) in [4.78, 5) is 53.4. The normalized spacial score (nSPS) is 10.9. The predicted octanol–water partition coefficient (Wildman–Crippen LogP) is 1.37. The summed E-state index contributed by atoms with van der Waals surface area (Å²) in [6.45, 7) is 1.46. The topological polar surface area (TPSA) is 140 Å². The number of ketones is 1. The van der Waals surface area contributed by atoms with E-state index < -0.39 is 29.6 Å². The fourth-order valence-corrected chi connectivity index (χ4v) is 3.17. The molecule has 0 fully saturated rings. The van der Waals surface area contributed by atoms with Gasteiger partial charge in [-0.3, -0.25) is 23.9 Å². The Morgan fingerprint density at radius 3 is 2.72 bits per heavy atom. The van der Waals surface area contributed by atoms with Crippen molar-refractivity contribution in [2.24, 2.45) is 0 Å². The minimum atomic E-state index is -0.889. The molecule has 0 saturated heterocycles. The van der Waals surface area contributed by atoms with Crippen molar-refractivity contribution < 1.29 is 14.3 Å². The maximum absolute atomic E-state index is 12.4. The first kappa shape index (κ1) is 20.1. The van der Waals surface area contributed by atoms with Crippen LogP contribution in [0.15, 0.2) is 40.1 Å². The Hall–Kier alpha value is -3.62. The van der Waals surface area contributed by atoms with Crippen molar-refractivity contribution >= 4 is 28.5 Å². The summed E-state index contributed by atoms with van der Waals surface area (Å²) in [5, 5.41) is 1.02. The number of carbonyl (C=O) groups is 2. The summed E-state index contributed by atoms with van der Waals surface area (Å²) in [5.74, 6) is -1.55. The summed E-state index contributed by atoms with van der Waals surface area (Å²) in [6, 6.07) is 7.72. The smallest absolute Gasteiger partial charge is 0.329 e. The van der Waals surface area contributed by atoms with Crippen molar-refractivity contribution in [3.8, 4) is 0 Å². The molecule has 0 saturated carbocycles. The van der Waals surface area contributed by atoms with E-state index in [0.717, 1.165) is 21.0 Å². The highest BCUT2D eigenvalue weighted by molar-refractivity contribution is 6.01. The molecule has 4 N–H and O–H groups in total. The molecule has 3 rings (SSSR count). The number of nitrogens with two attached hydrogens (primary N) is 1. The number of aryl methyl sites for hydroxylation is 1. The number of hydrogen-bond donors (Lipinski definition) is 3. The van der Waals surface area contributed by atoms with Gasteiger partial charge >= 0.3 is 11.7 Å². The third-order valence-corrected chi connectivity index (χ3v) is 4.60. The first-order valence-electron chi connectivity index (χ1n) is 9.28. The van der Waals surface area contributed by atoms with Crippen LogP contribution in [-0.4, -0.2) is 32.9 Å². The van der Waals surface area contributed by atoms with Gasteiger partial charge in [-0.05, 0) is 24.5 Å². The Balaban J connectivity index is 1.63. The van der Waals surface area contributed by atoms with E-state index in [1.165, 1.54) is 0 Å². The van der Waals surface area contributed by atoms with Crippen LogP contribution in [0.3, 0.4) is 0 Å². The fourth-order valence-electron chi connectivity index (χ4n) is 3.17. The number of aromatic nitrogens is 3. The van der Waals surface area contributed by atoms with Gasteiger partial charge < -0.3 is 15.5 Å². The van der Waals surface area contributed by atoms with Crippen LogP contribution in [0, 0.1) is 0 Å². The summed E-state index contributed by atoms with van der Waals surface area (Å²) in [5.41, 5.74) is 5.83. The molecule has 29 heavy (non-hydrogen) atoms. The number of H-pyrrole nitrogens is 2. The molecule has 0 radical (unpaired) electrons. The number of carbonyl (C=O) groups excluding carboxylic acids is 2. The first-order chi connectivity index (χ1) is 13.9. The van der Waals surface area contributed by atoms with Crippen molar-refractivity contribution in [2.45, 2.75) is 32.7 Å². The highest BCUT2D eigenvalue weighted by atomic mass is 16.5. The lowest BCUT2D eigenvalue weighted by atomic mass is 10.1. The highest BCUT2D eigenvalue weighted by Gasteiger charge is 2.20. The number of ether oxygens (including phenoxy) is 1. The number of fused-ring (bicyclic) bond motifs is 1. The van der Waals surface area contributed by atoms with Crippen LogP contribution in [0.5, 0.6) is 0 Å². The Labute approximate surface area is 165 Å². The van der Waals surface area contributed by atoms with Crippen LogP contribution >= 0.6 is 0 Å². The van der Waals surface area contributed by atoms with Crippen molar-refractivity contribution in [1.29, 1.82) is 0 Å². The van der Waals surface area contributed by atoms with Crippen LogP contribution in [0.2, 0.25) is 0 Å². The highest BCUT2D eigenvalue weighted by Crippen LogP contribution is 2.19. The summed E-state index contributed by atoms with van der Waals surface area (Å²) in [6.07, 6.45) is 2.95. The van der Waals surface area contributed by atoms with Crippen LogP contribution in [0.1, 0.15) is 35.7 Å². The largest absolute Gasteiger partial charge is 0.457 e. The third kappa shape index (κ3) is 4.29. The quantitative estimate of drug-likeness (QED) is 0.387. The molecular formula is C20H22N4O5. The minimum Gasteiger partial charge on any atom is -0.457 e. The second-order valence-electron chi connectivity index (χ2n) is 6.61. The number of esters is 1. The van der Waals surface area contributed by atoms with Gasteiger partial charge in [0.25, 0.3) is 5.56 Å². The lowest BCUT2D eigenvalue weighted by Crippen LogP contribution is -2.37. The molecule has 0 atom stereocenters. The standard InChI is InChI=1S/C20H22N4O5/c1-2-9-24-18(21)17(19(27)23-20(24)28)15(25)11-29-16(26)8-7-12-10-22-14-6-4-3-5-13(12)14/h3-6,10,22H,2,7-9,11,21H2,1H3,(H,23,27,28). The number of hydrogen-bond acceptors (Lipinski definition) is 6. The van der Waals surface area contributed by atoms with E-state index in [9.17, 15) is 19.2 Å². The first-order valence-corrected chi connectivity index (χ1v) is 9.28. The van der Waals surface area contributed by atoms with Crippen LogP contribution in [-0.2, 0) is 22.5 Å². The third-order valence-electron chi connectivity index (χ3n) is 4.60. The van der Waals surface area contributed by atoms with Crippen LogP contribution in [0.4, 0.5) is 5.82 Å². The number of nitrogens with zero attached hydrogens (tertiary/aromatic N) is 1. The molecule has 9 heteroatoms. The van der Waals surface area contributed by atoms with Crippen molar-refractivity contribution in [2.75, 3.05) is 12.3 Å². The number of aromatic amines is 2. The number of anilines is 1. The number of rotatable bonds is 8. The van der Waals surface area contributed by atoms with Gasteiger partial charge in [0.05, 0.1) is 0 Å². The average Bonchev–Trinajstić information content (AvgIpc) is 3.11. The molecular weight excluding hydrogens is 376 g/mol. The summed E-state index contributed by atoms with van der Waals surface area (Å²) in [7, 11) is 0. The zero-order chi connectivity index (χ0) is 21.0. The zero-order valence-corrected chi connectivity index (χ0v) is 16.0. The van der Waals surface area contributed by atoms with Crippen molar-refractivity contribution in [3.05, 3.63) is 62.4 Å². The zero-order valence-electron chi connectivity index (χ0n) is 16.0. The molecule has 0 bridgehead atoms. The number of para-hydroxylation sites is 1. The maximum Gasteiger partial charge on any atom is 0.329 e. The molecule has 152 valence electrons. The van der Waals surface area contributed by atoms with Crippen LogP contribution < -0.4 is 17.0 Å². The lowest BCUT2D eigenvalue weighted by Gasteiger charge is -2.11. The monoisotopic (exact) mass is 398 g/mol. The van der Waals surface area contributed by atoms with E-state index in [4.69, 9.17) is 10.5 Å². The second-order valence-corrected chi connectivity index (χ2v) is 6.61. The van der Waals surface area contributed by atoms with E-state index in [1.54, 1.807) is 0 Å². The Morgan fingerprint density at radius 2 is 1.97 bits per heavy atom. The van der Waals surface area contributed by atoms with Crippen molar-refractivity contribution in [3.63, 3.8) is 0 Å². The number of Topliss-reactive ketones (excluding diaryl/α,β-unsaturated/α-hetero) is 1. The van der Waals surface area contributed by atoms with Crippen LogP contribution in [0.25, 0.3) is 10.9 Å². The molecule has 2 heterocycles. The fraction of sp³-hybridized carbons (Fsp3) is 0.300. The van der Waals surface area contributed by atoms with Gasteiger partial charge in [-0.2, -0.15) is 0 Å². The molecule has 0 unspecified atom stereocenters. The van der Waals surface area contributed by atoms with Gasteiger partial charge in [-0.1, -0.05) is 25.1 Å². The van der Waals surface area contributed by atoms with E-state index in [0.29, 0.717) is 12.8 Å². The molecule has 0 aliphatic rings. The second kappa shape index (κ2) is 8.59. The molecule has 0 spiro atoms. The molecule has 9 nitrogen and oxygen atoms in total. The SMILES string of the molecule is CCCn1c(N)c(C(=O)COC(=O)CCc2c[nH]c3ccccc23)c(=O)[nH]c1=O. The molecule has 1 aromatic carbocycles. The molecule has 2 aromatic heterocycles. The van der Waals surface area contributed by atoms with Gasteiger partial charge in [0.2, 0.25) is 5.78 Å². The van der Waals surface area contributed by atoms with Gasteiger partial charge in [0, 0.05) is 30.1 Å². The summed E-state index contributed by atoms with van der Waals surface area (Å²) >= 11 is 0. The average molecular weight is 398 g/mol. The van der Waals surface area contributed by atoms with Gasteiger partial charge in [-0.15, -0.1) is 0 Å². The van der Waals surface area contributed by atoms with Gasteiger partial charge in [0.15, 0.2) is 6.61 Å². The van der Waals surface area contributed by atoms with Crippen molar-refractivity contribution in [1.82, 2.24) is 14.5 Å². The van der Waals surface area contributed by atoms with Gasteiger partial charge in [-0.25, -0.2) is 4.79 Å². The van der Waals surface area contributed by atoms with Gasteiger partial charge in [0.1, 0.15) is 11.4 Å². The number of nitrogens with one attached hydrogen (secondary N) is 2. The maximum atomic E-state index is 12.4. The lowest BCUT2D eigenvalue weighted by molar-refractivity contribution is -0.142. The van der Waals surface area contributed by atoms with E-state index in [1.807, 2.05) is 37.4 Å². The molecule has 3 aromatic rings. The molecule has 0 amide bonds. The number of nitrogen functional groups attached to an aromatic ring is 1. The van der Waals surface area contributed by atoms with E-state index >= 15 is 0 Å². The molecule has 0 aliphatic carbocycles. The van der Waals surface area contributed by atoms with E-state index in [-0.39, 0.29) is 24.3 Å². The Morgan fingerprint density at radius 1 is 1.21 bits per heavy atom. The number of benzene rings is 1. The molecule has 0 aliphatic heterocycles. The predicted molar refractivity (Wildman–Crippen MR) is 108 cm³/mol. The van der Waals surface area contributed by atoms with E-state index in [2.05, 4.69) is 9.97 Å². The summed E-state index contributed by atoms with van der Waals surface area (Å²) < 4.78 is 6.13. The Bertz CT molecular complexity index is 1170.